The van der Waals surface area contributed by atoms with E-state index in [1.165, 1.54) is 16.8 Å². The molecule has 8 heteroatoms. The molecule has 0 aliphatic carbocycles. The van der Waals surface area contributed by atoms with Crippen molar-refractivity contribution in [3.63, 3.8) is 0 Å². The van der Waals surface area contributed by atoms with Gasteiger partial charge in [0.15, 0.2) is 29.0 Å². The largest absolute Gasteiger partial charge is 0.471 e. The molecule has 2 heterocycles. The quantitative estimate of drug-likeness (QED) is 0.584. The van der Waals surface area contributed by atoms with Crippen LogP contribution in [0.5, 0.6) is 17.4 Å². The number of para-hydroxylation sites is 1. The van der Waals surface area contributed by atoms with E-state index in [2.05, 4.69) is 10.1 Å². The number of aryl methyl sites for hydroxylation is 1. The average Bonchev–Trinajstić information content (AvgIpc) is 2.93. The van der Waals surface area contributed by atoms with Crippen molar-refractivity contribution < 1.29 is 22.6 Å². The van der Waals surface area contributed by atoms with E-state index in [-0.39, 0.29) is 29.2 Å². The van der Waals surface area contributed by atoms with Gasteiger partial charge in [-0.05, 0) is 51.0 Å². The predicted octanol–water partition coefficient (Wildman–Crippen LogP) is 5.13. The maximum Gasteiger partial charge on any atom is 0.277 e. The molecule has 28 heavy (non-hydrogen) atoms. The molecule has 0 aliphatic heterocycles. The summed E-state index contributed by atoms with van der Waals surface area (Å²) < 4.78 is 54.9. The summed E-state index contributed by atoms with van der Waals surface area (Å²) in [5.41, 5.74) is 1.02. The minimum Gasteiger partial charge on any atom is -0.471 e. The molecule has 3 rings (SSSR count). The molecule has 0 amide bonds. The lowest BCUT2D eigenvalue weighted by Crippen LogP contribution is -2.08. The molecule has 0 N–H and O–H groups in total. The summed E-state index contributed by atoms with van der Waals surface area (Å²) >= 11 is 0. The topological polar surface area (TPSA) is 49.2 Å². The van der Waals surface area contributed by atoms with Crippen molar-refractivity contribution in [2.24, 2.45) is 0 Å². The highest BCUT2D eigenvalue weighted by Crippen LogP contribution is 2.38. The van der Waals surface area contributed by atoms with E-state index in [1.54, 1.807) is 27.0 Å². The standard InChI is InChI=1S/C20H20F3N3O2/c1-5-13-9-16(23)19(24-10-13)26-12(4)17(20(25-26)27-11(2)3)28-18-14(21)7-6-8-15(18)22/h6-11H,5H2,1-4H3. The first-order valence-corrected chi connectivity index (χ1v) is 8.84. The number of nitrogens with zero attached hydrogens (tertiary/aromatic N) is 3. The van der Waals surface area contributed by atoms with Crippen LogP contribution < -0.4 is 9.47 Å². The summed E-state index contributed by atoms with van der Waals surface area (Å²) in [5.74, 6) is -3.02. The third-order valence-corrected chi connectivity index (χ3v) is 3.99. The zero-order chi connectivity index (χ0) is 20.4. The van der Waals surface area contributed by atoms with Crippen LogP contribution in [0.2, 0.25) is 0 Å². The first-order chi connectivity index (χ1) is 13.3. The molecular formula is C20H20F3N3O2. The van der Waals surface area contributed by atoms with Crippen molar-refractivity contribution in [2.75, 3.05) is 0 Å². The Bertz CT molecular complexity index is 982. The Hall–Kier alpha value is -3.03. The van der Waals surface area contributed by atoms with Crippen LogP contribution >= 0.6 is 0 Å². The highest BCUT2D eigenvalue weighted by Gasteiger charge is 2.25. The molecule has 2 aromatic heterocycles. The van der Waals surface area contributed by atoms with Gasteiger partial charge in [-0.15, -0.1) is 5.10 Å². The van der Waals surface area contributed by atoms with E-state index in [0.717, 1.165) is 17.7 Å². The molecule has 5 nitrogen and oxygen atoms in total. The van der Waals surface area contributed by atoms with Crippen LogP contribution in [0, 0.1) is 24.4 Å². The van der Waals surface area contributed by atoms with Crippen LogP contribution in [0.25, 0.3) is 5.82 Å². The van der Waals surface area contributed by atoms with Gasteiger partial charge in [0.1, 0.15) is 0 Å². The molecule has 3 aromatic rings. The maximum atomic E-state index is 14.5. The monoisotopic (exact) mass is 391 g/mol. The molecule has 0 fully saturated rings. The third kappa shape index (κ3) is 3.81. The van der Waals surface area contributed by atoms with E-state index in [4.69, 9.17) is 9.47 Å². The summed E-state index contributed by atoms with van der Waals surface area (Å²) in [5, 5.41) is 4.21. The van der Waals surface area contributed by atoms with E-state index in [0.29, 0.717) is 6.42 Å². The summed E-state index contributed by atoms with van der Waals surface area (Å²) in [6, 6.07) is 4.75. The molecule has 0 atom stereocenters. The second-order valence-corrected chi connectivity index (χ2v) is 6.45. The van der Waals surface area contributed by atoms with Crippen molar-refractivity contribution in [1.82, 2.24) is 14.8 Å². The minimum absolute atomic E-state index is 0.0153. The summed E-state index contributed by atoms with van der Waals surface area (Å²) in [6.45, 7) is 6.98. The molecule has 148 valence electrons. The van der Waals surface area contributed by atoms with Crippen LogP contribution in [0.3, 0.4) is 0 Å². The van der Waals surface area contributed by atoms with Crippen LogP contribution in [-0.2, 0) is 6.42 Å². The first kappa shape index (κ1) is 19.7. The number of ether oxygens (including phenoxy) is 2. The van der Waals surface area contributed by atoms with Crippen molar-refractivity contribution in [3.8, 4) is 23.2 Å². The van der Waals surface area contributed by atoms with Gasteiger partial charge >= 0.3 is 0 Å². The fraction of sp³-hybridized carbons (Fsp3) is 0.300. The van der Waals surface area contributed by atoms with Gasteiger partial charge in [-0.3, -0.25) is 0 Å². The summed E-state index contributed by atoms with van der Waals surface area (Å²) in [6.07, 6.45) is 1.88. The van der Waals surface area contributed by atoms with Gasteiger partial charge in [0.05, 0.1) is 11.8 Å². The second-order valence-electron chi connectivity index (χ2n) is 6.45. The Labute approximate surface area is 160 Å². The first-order valence-electron chi connectivity index (χ1n) is 8.84. The number of hydrogen-bond acceptors (Lipinski definition) is 4. The Morgan fingerprint density at radius 2 is 1.75 bits per heavy atom. The summed E-state index contributed by atoms with van der Waals surface area (Å²) in [7, 11) is 0. The fourth-order valence-corrected chi connectivity index (χ4v) is 2.59. The van der Waals surface area contributed by atoms with E-state index in [1.807, 2.05) is 6.92 Å². The fourth-order valence-electron chi connectivity index (χ4n) is 2.59. The van der Waals surface area contributed by atoms with Gasteiger partial charge in [-0.25, -0.2) is 22.8 Å². The van der Waals surface area contributed by atoms with Crippen LogP contribution in [0.15, 0.2) is 30.5 Å². The van der Waals surface area contributed by atoms with Crippen LogP contribution in [-0.4, -0.2) is 20.9 Å². The number of aromatic nitrogens is 3. The number of hydrogen-bond donors (Lipinski definition) is 0. The lowest BCUT2D eigenvalue weighted by molar-refractivity contribution is 0.222. The highest BCUT2D eigenvalue weighted by atomic mass is 19.1. The average molecular weight is 391 g/mol. The molecule has 0 saturated heterocycles. The van der Waals surface area contributed by atoms with Crippen molar-refractivity contribution >= 4 is 0 Å². The SMILES string of the molecule is CCc1cnc(-n2nc(OC(C)C)c(Oc3c(F)cccc3F)c2C)c(F)c1. The lowest BCUT2D eigenvalue weighted by atomic mass is 10.2. The maximum absolute atomic E-state index is 14.5. The Balaban J connectivity index is 2.12. The molecule has 0 unspecified atom stereocenters. The molecule has 0 aliphatic rings. The zero-order valence-corrected chi connectivity index (χ0v) is 16.0. The third-order valence-electron chi connectivity index (χ3n) is 3.99. The number of benzene rings is 1. The van der Waals surface area contributed by atoms with Gasteiger partial charge in [0, 0.05) is 6.20 Å². The smallest absolute Gasteiger partial charge is 0.277 e. The lowest BCUT2D eigenvalue weighted by Gasteiger charge is -2.11. The molecular weight excluding hydrogens is 371 g/mol. The molecule has 0 spiro atoms. The second kappa shape index (κ2) is 7.92. The zero-order valence-electron chi connectivity index (χ0n) is 16.0. The number of rotatable bonds is 6. The van der Waals surface area contributed by atoms with Crippen LogP contribution in [0.1, 0.15) is 32.0 Å². The van der Waals surface area contributed by atoms with Crippen molar-refractivity contribution in [1.29, 1.82) is 0 Å². The summed E-state index contributed by atoms with van der Waals surface area (Å²) in [4.78, 5) is 4.12. The van der Waals surface area contributed by atoms with Crippen molar-refractivity contribution in [2.45, 2.75) is 40.2 Å². The normalized spacial score (nSPS) is 11.1. The van der Waals surface area contributed by atoms with Crippen LogP contribution in [0.4, 0.5) is 13.2 Å². The Kier molecular flexibility index (Phi) is 5.58. The van der Waals surface area contributed by atoms with Gasteiger partial charge < -0.3 is 9.47 Å². The minimum atomic E-state index is -0.876. The molecule has 0 bridgehead atoms. The van der Waals surface area contributed by atoms with E-state index >= 15 is 0 Å². The van der Waals surface area contributed by atoms with Gasteiger partial charge in [0.2, 0.25) is 5.75 Å². The molecule has 0 radical (unpaired) electrons. The predicted molar refractivity (Wildman–Crippen MR) is 97.6 cm³/mol. The van der Waals surface area contributed by atoms with Gasteiger partial charge in [-0.1, -0.05) is 13.0 Å². The van der Waals surface area contributed by atoms with Crippen molar-refractivity contribution in [3.05, 3.63) is 59.2 Å². The van der Waals surface area contributed by atoms with E-state index < -0.39 is 23.2 Å². The van der Waals surface area contributed by atoms with E-state index in [9.17, 15) is 13.2 Å². The number of halogens is 3. The highest BCUT2D eigenvalue weighted by molar-refractivity contribution is 5.46. The molecule has 1 aromatic carbocycles. The Morgan fingerprint density at radius 3 is 2.32 bits per heavy atom. The molecule has 0 saturated carbocycles. The van der Waals surface area contributed by atoms with Gasteiger partial charge in [0.25, 0.3) is 5.88 Å². The number of pyridine rings is 1. The Morgan fingerprint density at radius 1 is 1.07 bits per heavy atom. The van der Waals surface area contributed by atoms with Gasteiger partial charge in [-0.2, -0.15) is 0 Å².